The highest BCUT2D eigenvalue weighted by atomic mass is 16.6. The molecule has 0 aromatic heterocycles. The predicted molar refractivity (Wildman–Crippen MR) is 352 cm³/mol. The number of carbonyl (C=O) groups is 3. The molecular formula is C75H118O6. The van der Waals surface area contributed by atoms with E-state index in [-0.39, 0.29) is 31.1 Å². The second-order valence-electron chi connectivity index (χ2n) is 20.9. The van der Waals surface area contributed by atoms with Crippen molar-refractivity contribution in [2.75, 3.05) is 13.2 Å². The number of ether oxygens (including phenoxy) is 3. The summed E-state index contributed by atoms with van der Waals surface area (Å²) in [5, 5.41) is 0. The number of allylic oxidation sites excluding steroid dienone is 28. The lowest BCUT2D eigenvalue weighted by molar-refractivity contribution is -0.167. The summed E-state index contributed by atoms with van der Waals surface area (Å²) in [6.07, 6.45) is 99.2. The van der Waals surface area contributed by atoms with E-state index in [1.54, 1.807) is 0 Å². The van der Waals surface area contributed by atoms with E-state index in [0.717, 1.165) is 193 Å². The summed E-state index contributed by atoms with van der Waals surface area (Å²) >= 11 is 0. The van der Waals surface area contributed by atoms with E-state index in [0.29, 0.717) is 19.3 Å². The molecule has 0 heterocycles. The monoisotopic (exact) mass is 1110 g/mol. The number of hydrogen-bond donors (Lipinski definition) is 0. The minimum Gasteiger partial charge on any atom is -0.462 e. The molecule has 0 aromatic rings. The molecule has 0 aliphatic carbocycles. The molecule has 0 aliphatic rings. The quantitative estimate of drug-likeness (QED) is 0.0261. The molecule has 0 spiro atoms. The summed E-state index contributed by atoms with van der Waals surface area (Å²) in [7, 11) is 0. The lowest BCUT2D eigenvalue weighted by Gasteiger charge is -2.18. The zero-order valence-corrected chi connectivity index (χ0v) is 52.0. The Bertz CT molecular complexity index is 1860. The van der Waals surface area contributed by atoms with Crippen LogP contribution in [0.15, 0.2) is 170 Å². The van der Waals surface area contributed by atoms with Crippen LogP contribution in [0.3, 0.4) is 0 Å². The Balaban J connectivity index is 4.45. The van der Waals surface area contributed by atoms with Crippen molar-refractivity contribution in [2.45, 2.75) is 271 Å². The van der Waals surface area contributed by atoms with Crippen LogP contribution in [0, 0.1) is 0 Å². The van der Waals surface area contributed by atoms with Gasteiger partial charge in [0.25, 0.3) is 0 Å². The van der Waals surface area contributed by atoms with Gasteiger partial charge in [-0.25, -0.2) is 0 Å². The van der Waals surface area contributed by atoms with Gasteiger partial charge < -0.3 is 14.2 Å². The molecule has 0 saturated carbocycles. The van der Waals surface area contributed by atoms with Gasteiger partial charge in [-0.2, -0.15) is 0 Å². The molecule has 1 unspecified atom stereocenters. The van der Waals surface area contributed by atoms with Crippen LogP contribution in [-0.4, -0.2) is 37.2 Å². The van der Waals surface area contributed by atoms with E-state index in [4.69, 9.17) is 14.2 Å². The van der Waals surface area contributed by atoms with Crippen molar-refractivity contribution in [1.29, 1.82) is 0 Å². The Hall–Kier alpha value is -5.23. The minimum absolute atomic E-state index is 0.104. The second-order valence-corrected chi connectivity index (χ2v) is 20.9. The highest BCUT2D eigenvalue weighted by Gasteiger charge is 2.19. The Morgan fingerprint density at radius 1 is 0.259 bits per heavy atom. The van der Waals surface area contributed by atoms with E-state index < -0.39 is 6.10 Å². The van der Waals surface area contributed by atoms with E-state index >= 15 is 0 Å². The average Bonchev–Trinajstić information content (AvgIpc) is 3.46. The Kier molecular flexibility index (Phi) is 62.9. The van der Waals surface area contributed by atoms with Gasteiger partial charge in [0.05, 0.1) is 0 Å². The third-order valence-corrected chi connectivity index (χ3v) is 13.2. The van der Waals surface area contributed by atoms with E-state index in [2.05, 4.69) is 191 Å². The number of esters is 3. The smallest absolute Gasteiger partial charge is 0.306 e. The highest BCUT2D eigenvalue weighted by molar-refractivity contribution is 5.71. The summed E-state index contributed by atoms with van der Waals surface area (Å²) < 4.78 is 16.9. The second kappa shape index (κ2) is 67.3. The maximum absolute atomic E-state index is 12.9. The molecule has 6 heteroatoms. The molecule has 0 aliphatic heterocycles. The van der Waals surface area contributed by atoms with Gasteiger partial charge in [-0.1, -0.05) is 268 Å². The molecule has 1 atom stereocenters. The average molecular weight is 1120 g/mol. The first kappa shape index (κ1) is 75.8. The lowest BCUT2D eigenvalue weighted by Crippen LogP contribution is -2.30. The van der Waals surface area contributed by atoms with Crippen LogP contribution >= 0.6 is 0 Å². The standard InChI is InChI=1S/C75H118O6/c1-4-7-10-13-16-19-22-25-27-29-31-33-35-37-39-41-43-45-47-50-53-56-59-62-65-68-74(77)80-71-72(70-79-73(76)67-64-61-58-55-52-49-24-21-18-15-12-9-6-3)81-75(78)69-66-63-60-57-54-51-48-46-44-42-40-38-36-34-32-30-28-26-23-20-17-14-11-8-5-2/h7-8,10-12,15-17,19-21,24-28,31-34,37-40,43-46,72H,4-6,9,13-14,18,22-23,29-30,35-36,41-42,47-71H2,1-3H3/b10-7-,11-8-,15-12-,19-16-,20-17-,24-21-,27-25-,28-26-,33-31-,34-32-,39-37-,40-38-,45-43-,46-44-. The van der Waals surface area contributed by atoms with Crippen LogP contribution < -0.4 is 0 Å². The summed E-state index contributed by atoms with van der Waals surface area (Å²) in [5.74, 6) is -0.951. The van der Waals surface area contributed by atoms with Gasteiger partial charge in [0.1, 0.15) is 13.2 Å². The predicted octanol–water partition coefficient (Wildman–Crippen LogP) is 22.7. The van der Waals surface area contributed by atoms with Gasteiger partial charge >= 0.3 is 17.9 Å². The Morgan fingerprint density at radius 2 is 0.481 bits per heavy atom. The molecule has 0 aromatic carbocycles. The van der Waals surface area contributed by atoms with Crippen LogP contribution in [0.4, 0.5) is 0 Å². The van der Waals surface area contributed by atoms with E-state index in [1.807, 2.05) is 0 Å². The maximum atomic E-state index is 12.9. The molecule has 0 saturated heterocycles. The van der Waals surface area contributed by atoms with Crippen molar-refractivity contribution in [3.05, 3.63) is 170 Å². The fourth-order valence-electron chi connectivity index (χ4n) is 8.37. The van der Waals surface area contributed by atoms with Crippen molar-refractivity contribution in [3.63, 3.8) is 0 Å². The molecule has 454 valence electrons. The number of carbonyl (C=O) groups excluding carboxylic acids is 3. The van der Waals surface area contributed by atoms with Crippen molar-refractivity contribution in [1.82, 2.24) is 0 Å². The summed E-state index contributed by atoms with van der Waals surface area (Å²) in [6.45, 7) is 6.31. The van der Waals surface area contributed by atoms with Crippen LogP contribution in [0.2, 0.25) is 0 Å². The normalized spacial score (nSPS) is 13.3. The highest BCUT2D eigenvalue weighted by Crippen LogP contribution is 2.14. The zero-order valence-electron chi connectivity index (χ0n) is 52.0. The first-order valence-corrected chi connectivity index (χ1v) is 32.6. The molecule has 0 rings (SSSR count). The van der Waals surface area contributed by atoms with Crippen molar-refractivity contribution in [3.8, 4) is 0 Å². The van der Waals surface area contributed by atoms with Crippen LogP contribution in [0.5, 0.6) is 0 Å². The van der Waals surface area contributed by atoms with Crippen molar-refractivity contribution < 1.29 is 28.6 Å². The van der Waals surface area contributed by atoms with Crippen molar-refractivity contribution in [2.24, 2.45) is 0 Å². The number of unbranched alkanes of at least 4 members (excludes halogenated alkanes) is 18. The van der Waals surface area contributed by atoms with Crippen LogP contribution in [-0.2, 0) is 28.6 Å². The first-order chi connectivity index (χ1) is 40.0. The lowest BCUT2D eigenvalue weighted by atomic mass is 10.1. The maximum Gasteiger partial charge on any atom is 0.306 e. The Morgan fingerprint density at radius 3 is 0.753 bits per heavy atom. The topological polar surface area (TPSA) is 78.9 Å². The molecule has 0 fully saturated rings. The SMILES string of the molecule is CC/C=C\C/C=C\C/C=C\C/C=C\C/C=C\C/C=C\CCCCCCCCC(=O)OCC(COC(=O)CCCCCCC/C=C\C/C=C\CCC)OC(=O)CCCCCCCC/C=C\C/C=C\C/C=C\C/C=C\C/C=C\C/C=C\CC. The zero-order chi connectivity index (χ0) is 58.5. The fourth-order valence-corrected chi connectivity index (χ4v) is 8.37. The molecule has 0 bridgehead atoms. The summed E-state index contributed by atoms with van der Waals surface area (Å²) in [4.78, 5) is 38.4. The third-order valence-electron chi connectivity index (χ3n) is 13.2. The van der Waals surface area contributed by atoms with Gasteiger partial charge in [-0.05, 0) is 148 Å². The largest absolute Gasteiger partial charge is 0.462 e. The molecule has 6 nitrogen and oxygen atoms in total. The fraction of sp³-hybridized carbons (Fsp3) is 0.587. The summed E-state index contributed by atoms with van der Waals surface area (Å²) in [5.41, 5.74) is 0. The minimum atomic E-state index is -0.809. The molecule has 0 amide bonds. The van der Waals surface area contributed by atoms with Gasteiger partial charge in [-0.3, -0.25) is 14.4 Å². The van der Waals surface area contributed by atoms with Gasteiger partial charge in [-0.15, -0.1) is 0 Å². The van der Waals surface area contributed by atoms with Gasteiger partial charge in [0, 0.05) is 19.3 Å². The molecular weight excluding hydrogens is 997 g/mol. The van der Waals surface area contributed by atoms with Crippen LogP contribution in [0.1, 0.15) is 265 Å². The van der Waals surface area contributed by atoms with Crippen LogP contribution in [0.25, 0.3) is 0 Å². The summed E-state index contributed by atoms with van der Waals surface area (Å²) in [6, 6.07) is 0. The Labute approximate surface area is 498 Å². The third kappa shape index (κ3) is 65.5. The first-order valence-electron chi connectivity index (χ1n) is 32.6. The van der Waals surface area contributed by atoms with Gasteiger partial charge in [0.2, 0.25) is 0 Å². The number of rotatable bonds is 57. The number of hydrogen-bond acceptors (Lipinski definition) is 6. The van der Waals surface area contributed by atoms with E-state index in [9.17, 15) is 14.4 Å². The van der Waals surface area contributed by atoms with Crippen molar-refractivity contribution >= 4 is 17.9 Å². The molecule has 0 radical (unpaired) electrons. The van der Waals surface area contributed by atoms with Gasteiger partial charge in [0.15, 0.2) is 6.10 Å². The van der Waals surface area contributed by atoms with E-state index in [1.165, 1.54) is 32.1 Å². The molecule has 81 heavy (non-hydrogen) atoms. The molecule has 0 N–H and O–H groups in total.